The summed E-state index contributed by atoms with van der Waals surface area (Å²) < 4.78 is 10.6. The number of carbonyl (C=O) groups is 2. The molecular formula is C21H24N2O4S. The molecule has 28 heavy (non-hydrogen) atoms. The molecule has 1 unspecified atom stereocenters. The zero-order valence-corrected chi connectivity index (χ0v) is 17.1. The van der Waals surface area contributed by atoms with E-state index in [1.54, 1.807) is 18.2 Å². The molecule has 1 aliphatic carbocycles. The summed E-state index contributed by atoms with van der Waals surface area (Å²) in [6.45, 7) is 6.88. The summed E-state index contributed by atoms with van der Waals surface area (Å²) in [7, 11) is 0. The Labute approximate surface area is 168 Å². The Morgan fingerprint density at radius 2 is 1.96 bits per heavy atom. The maximum Gasteiger partial charge on any atom is 0.256 e. The molecule has 0 radical (unpaired) electrons. The van der Waals surface area contributed by atoms with Gasteiger partial charge in [-0.25, -0.2) is 0 Å². The van der Waals surface area contributed by atoms with Gasteiger partial charge in [0, 0.05) is 10.4 Å². The van der Waals surface area contributed by atoms with Crippen molar-refractivity contribution < 1.29 is 19.1 Å². The van der Waals surface area contributed by atoms with Crippen molar-refractivity contribution in [3.63, 3.8) is 0 Å². The predicted molar refractivity (Wildman–Crippen MR) is 108 cm³/mol. The first-order valence-electron chi connectivity index (χ1n) is 9.39. The molecule has 1 aromatic heterocycles. The Balaban J connectivity index is 1.62. The van der Waals surface area contributed by atoms with Gasteiger partial charge in [0.2, 0.25) is 6.79 Å². The summed E-state index contributed by atoms with van der Waals surface area (Å²) in [6.07, 6.45) is 2.73. The average molecular weight is 401 g/mol. The number of primary amides is 1. The second-order valence-electron chi connectivity index (χ2n) is 8.40. The van der Waals surface area contributed by atoms with E-state index in [2.05, 4.69) is 26.1 Å². The fraction of sp³-hybridized carbons (Fsp3) is 0.429. The first-order valence-corrected chi connectivity index (χ1v) is 10.2. The lowest BCUT2D eigenvalue weighted by Crippen LogP contribution is -2.27. The van der Waals surface area contributed by atoms with E-state index in [9.17, 15) is 9.59 Å². The Bertz CT molecular complexity index is 958. The zero-order chi connectivity index (χ0) is 20.1. The van der Waals surface area contributed by atoms with Crippen molar-refractivity contribution in [1.82, 2.24) is 0 Å². The average Bonchev–Trinajstić information content (AvgIpc) is 3.23. The highest BCUT2D eigenvalue weighted by Gasteiger charge is 2.33. The SMILES string of the molecule is CC(C)(C)C1CCc2c(sc(NC(=O)c3ccc4c(c3)OCO4)c2C(N)=O)C1. The molecule has 1 aliphatic heterocycles. The lowest BCUT2D eigenvalue weighted by atomic mass is 9.72. The van der Waals surface area contributed by atoms with Crippen molar-refractivity contribution in [3.05, 3.63) is 39.8 Å². The molecule has 0 bridgehead atoms. The number of hydrogen-bond acceptors (Lipinski definition) is 5. The van der Waals surface area contributed by atoms with Gasteiger partial charge in [-0.2, -0.15) is 0 Å². The quantitative estimate of drug-likeness (QED) is 0.815. The number of anilines is 1. The van der Waals surface area contributed by atoms with E-state index in [1.165, 1.54) is 11.3 Å². The van der Waals surface area contributed by atoms with Gasteiger partial charge in [-0.1, -0.05) is 20.8 Å². The Kier molecular flexibility index (Phi) is 4.57. The Morgan fingerprint density at radius 3 is 2.68 bits per heavy atom. The summed E-state index contributed by atoms with van der Waals surface area (Å²) in [6, 6.07) is 5.03. The Morgan fingerprint density at radius 1 is 1.21 bits per heavy atom. The van der Waals surface area contributed by atoms with Crippen LogP contribution in [0.5, 0.6) is 11.5 Å². The van der Waals surface area contributed by atoms with Crippen LogP contribution in [0.15, 0.2) is 18.2 Å². The maximum absolute atomic E-state index is 12.8. The number of rotatable bonds is 3. The van der Waals surface area contributed by atoms with Crippen molar-refractivity contribution in [2.75, 3.05) is 12.1 Å². The molecule has 2 heterocycles. The van der Waals surface area contributed by atoms with Crippen LogP contribution in [0.2, 0.25) is 0 Å². The van der Waals surface area contributed by atoms with Gasteiger partial charge in [-0.05, 0) is 54.4 Å². The summed E-state index contributed by atoms with van der Waals surface area (Å²) in [5, 5.41) is 3.43. The van der Waals surface area contributed by atoms with E-state index >= 15 is 0 Å². The number of fused-ring (bicyclic) bond motifs is 2. The number of amides is 2. The smallest absolute Gasteiger partial charge is 0.256 e. The van der Waals surface area contributed by atoms with E-state index in [0.29, 0.717) is 33.5 Å². The molecule has 2 aliphatic rings. The van der Waals surface area contributed by atoms with E-state index in [0.717, 1.165) is 29.7 Å². The first kappa shape index (κ1) is 18.8. The molecule has 0 spiro atoms. The fourth-order valence-electron chi connectivity index (χ4n) is 3.89. The third kappa shape index (κ3) is 3.35. The van der Waals surface area contributed by atoms with Crippen molar-refractivity contribution in [2.24, 2.45) is 17.1 Å². The molecule has 4 rings (SSSR count). The van der Waals surface area contributed by atoms with E-state index in [-0.39, 0.29) is 18.1 Å². The van der Waals surface area contributed by atoms with Crippen molar-refractivity contribution >= 4 is 28.2 Å². The number of hydrogen-bond donors (Lipinski definition) is 2. The van der Waals surface area contributed by atoms with E-state index < -0.39 is 5.91 Å². The Hall–Kier alpha value is -2.54. The van der Waals surface area contributed by atoms with Crippen molar-refractivity contribution in [2.45, 2.75) is 40.0 Å². The summed E-state index contributed by atoms with van der Waals surface area (Å²) >= 11 is 1.47. The number of nitrogens with one attached hydrogen (secondary N) is 1. The third-order valence-electron chi connectivity index (χ3n) is 5.60. The van der Waals surface area contributed by atoms with Gasteiger partial charge >= 0.3 is 0 Å². The van der Waals surface area contributed by atoms with Gasteiger partial charge in [0.1, 0.15) is 5.00 Å². The standard InChI is InChI=1S/C21H24N2O4S/c1-21(2,3)12-5-6-13-16(9-12)28-20(17(13)18(22)24)23-19(25)11-4-7-14-15(8-11)27-10-26-14/h4,7-8,12H,5-6,9-10H2,1-3H3,(H2,22,24)(H,23,25). The molecule has 2 amide bonds. The van der Waals surface area contributed by atoms with Gasteiger partial charge in [0.15, 0.2) is 11.5 Å². The molecule has 1 aromatic carbocycles. The van der Waals surface area contributed by atoms with Crippen LogP contribution in [0, 0.1) is 11.3 Å². The molecule has 1 atom stereocenters. The molecule has 0 fully saturated rings. The molecule has 0 saturated carbocycles. The highest BCUT2D eigenvalue weighted by molar-refractivity contribution is 7.17. The molecule has 148 valence electrons. The zero-order valence-electron chi connectivity index (χ0n) is 16.3. The minimum atomic E-state index is -0.493. The summed E-state index contributed by atoms with van der Waals surface area (Å²) in [5.74, 6) is 0.909. The van der Waals surface area contributed by atoms with Crippen LogP contribution < -0.4 is 20.5 Å². The number of ether oxygens (including phenoxy) is 2. The highest BCUT2D eigenvalue weighted by atomic mass is 32.1. The minimum Gasteiger partial charge on any atom is -0.454 e. The van der Waals surface area contributed by atoms with Gasteiger partial charge < -0.3 is 20.5 Å². The highest BCUT2D eigenvalue weighted by Crippen LogP contribution is 2.44. The van der Waals surface area contributed by atoms with Gasteiger partial charge in [0.05, 0.1) is 5.56 Å². The monoisotopic (exact) mass is 400 g/mol. The van der Waals surface area contributed by atoms with E-state index in [1.807, 2.05) is 0 Å². The van der Waals surface area contributed by atoms with Gasteiger partial charge in [0.25, 0.3) is 11.8 Å². The van der Waals surface area contributed by atoms with Crippen LogP contribution in [0.3, 0.4) is 0 Å². The molecule has 7 heteroatoms. The van der Waals surface area contributed by atoms with Crippen molar-refractivity contribution in [1.29, 1.82) is 0 Å². The molecule has 3 N–H and O–H groups in total. The lowest BCUT2D eigenvalue weighted by Gasteiger charge is -2.33. The van der Waals surface area contributed by atoms with E-state index in [4.69, 9.17) is 15.2 Å². The normalized spacial score (nSPS) is 17.9. The number of carbonyl (C=O) groups excluding carboxylic acids is 2. The largest absolute Gasteiger partial charge is 0.454 e. The van der Waals surface area contributed by atoms with Gasteiger partial charge in [-0.3, -0.25) is 9.59 Å². The van der Waals surface area contributed by atoms with Crippen LogP contribution in [-0.2, 0) is 12.8 Å². The number of benzene rings is 1. The molecule has 0 saturated heterocycles. The molecule has 6 nitrogen and oxygen atoms in total. The van der Waals surface area contributed by atoms with Crippen LogP contribution in [0.4, 0.5) is 5.00 Å². The second kappa shape index (κ2) is 6.81. The third-order valence-corrected chi connectivity index (χ3v) is 6.77. The molecular weight excluding hydrogens is 376 g/mol. The first-order chi connectivity index (χ1) is 13.2. The number of thiophene rings is 1. The summed E-state index contributed by atoms with van der Waals surface area (Å²) in [4.78, 5) is 26.1. The minimum absolute atomic E-state index is 0.152. The topological polar surface area (TPSA) is 90.7 Å². The van der Waals surface area contributed by atoms with Crippen LogP contribution in [-0.4, -0.2) is 18.6 Å². The fourth-order valence-corrected chi connectivity index (χ4v) is 5.21. The summed E-state index contributed by atoms with van der Waals surface area (Å²) in [5.41, 5.74) is 7.77. The van der Waals surface area contributed by atoms with Crippen LogP contribution in [0.1, 0.15) is 58.3 Å². The number of nitrogens with two attached hydrogens (primary N) is 1. The second-order valence-corrected chi connectivity index (χ2v) is 9.51. The van der Waals surface area contributed by atoms with Gasteiger partial charge in [-0.15, -0.1) is 11.3 Å². The predicted octanol–water partition coefficient (Wildman–Crippen LogP) is 3.98. The molecule has 2 aromatic rings. The lowest BCUT2D eigenvalue weighted by molar-refractivity contribution is 0.1000. The van der Waals surface area contributed by atoms with Crippen molar-refractivity contribution in [3.8, 4) is 11.5 Å². The van der Waals surface area contributed by atoms with Crippen LogP contribution in [0.25, 0.3) is 0 Å². The van der Waals surface area contributed by atoms with Crippen LogP contribution >= 0.6 is 11.3 Å². The maximum atomic E-state index is 12.8.